The highest BCUT2D eigenvalue weighted by atomic mass is 32.2. The van der Waals surface area contributed by atoms with Crippen molar-refractivity contribution >= 4 is 23.4 Å². The maximum Gasteiger partial charge on any atom is 0.331 e. The van der Waals surface area contributed by atoms with Crippen molar-refractivity contribution < 1.29 is 9.63 Å². The molecule has 3 nitrogen and oxygen atoms in total. The summed E-state index contributed by atoms with van der Waals surface area (Å²) in [5.74, 6) is 2.13. The van der Waals surface area contributed by atoms with Crippen molar-refractivity contribution in [3.8, 4) is 12.3 Å². The lowest BCUT2D eigenvalue weighted by Gasteiger charge is -2.06. The molecule has 116 valence electrons. The largest absolute Gasteiger partial charge is 0.331 e. The summed E-state index contributed by atoms with van der Waals surface area (Å²) in [6.07, 6.45) is 6.41. The summed E-state index contributed by atoms with van der Waals surface area (Å²) in [7, 11) is 0. The van der Waals surface area contributed by atoms with Crippen LogP contribution in [0.5, 0.6) is 0 Å². The van der Waals surface area contributed by atoms with Crippen molar-refractivity contribution in [2.45, 2.75) is 29.6 Å². The number of carbonyl (C=O) groups excluding carboxylic acids is 1. The molecular formula is C19H17NO2S. The molecule has 0 atom stereocenters. The summed E-state index contributed by atoms with van der Waals surface area (Å²) in [6, 6.07) is 18.1. The van der Waals surface area contributed by atoms with E-state index in [1.807, 2.05) is 42.5 Å². The van der Waals surface area contributed by atoms with Crippen LogP contribution in [0.15, 0.2) is 69.5 Å². The van der Waals surface area contributed by atoms with E-state index in [0.29, 0.717) is 18.6 Å². The zero-order valence-electron chi connectivity index (χ0n) is 12.9. The smallest absolute Gasteiger partial charge is 0.318 e. The van der Waals surface area contributed by atoms with E-state index in [4.69, 9.17) is 11.3 Å². The van der Waals surface area contributed by atoms with Gasteiger partial charge in [-0.25, -0.2) is 4.79 Å². The Morgan fingerprint density at radius 3 is 2.39 bits per heavy atom. The van der Waals surface area contributed by atoms with Crippen LogP contribution in [0.2, 0.25) is 0 Å². The molecule has 0 fully saturated rings. The Hall–Kier alpha value is -2.51. The van der Waals surface area contributed by atoms with E-state index in [2.05, 4.69) is 23.2 Å². The van der Waals surface area contributed by atoms with Crippen LogP contribution < -0.4 is 0 Å². The van der Waals surface area contributed by atoms with Crippen molar-refractivity contribution in [3.05, 3.63) is 60.2 Å². The van der Waals surface area contributed by atoms with Gasteiger partial charge in [0.2, 0.25) is 0 Å². The molecule has 0 unspecified atom stereocenters. The highest BCUT2D eigenvalue weighted by Crippen LogP contribution is 2.27. The van der Waals surface area contributed by atoms with E-state index in [9.17, 15) is 4.79 Å². The van der Waals surface area contributed by atoms with Crippen LogP contribution >= 0.6 is 11.8 Å². The highest BCUT2D eigenvalue weighted by molar-refractivity contribution is 7.99. The van der Waals surface area contributed by atoms with E-state index < -0.39 is 5.97 Å². The first-order chi connectivity index (χ1) is 11.2. The molecule has 0 saturated carbocycles. The number of nitrogens with zero attached hydrogens (tertiary/aromatic N) is 1. The minimum Gasteiger partial charge on any atom is -0.318 e. The molecule has 2 aromatic rings. The lowest BCUT2D eigenvalue weighted by Crippen LogP contribution is -2.04. The zero-order chi connectivity index (χ0) is 16.5. The van der Waals surface area contributed by atoms with E-state index in [1.54, 1.807) is 11.8 Å². The molecule has 2 rings (SSSR count). The van der Waals surface area contributed by atoms with Gasteiger partial charge in [0.15, 0.2) is 0 Å². The Bertz CT molecular complexity index is 715. The van der Waals surface area contributed by atoms with Gasteiger partial charge in [0.05, 0.1) is 5.71 Å². The molecule has 4 heteroatoms. The summed E-state index contributed by atoms with van der Waals surface area (Å²) in [5.41, 5.74) is 1.58. The van der Waals surface area contributed by atoms with Crippen LogP contribution in [0.4, 0.5) is 0 Å². The number of rotatable bonds is 6. The molecule has 0 aromatic heterocycles. The molecule has 0 radical (unpaired) electrons. The van der Waals surface area contributed by atoms with Gasteiger partial charge in [0.25, 0.3) is 0 Å². The Kier molecular flexibility index (Phi) is 6.46. The number of oxime groups is 1. The van der Waals surface area contributed by atoms with Gasteiger partial charge in [-0.15, -0.1) is 12.3 Å². The van der Waals surface area contributed by atoms with Crippen molar-refractivity contribution in [1.29, 1.82) is 0 Å². The molecule has 23 heavy (non-hydrogen) atoms. The third-order valence-electron chi connectivity index (χ3n) is 2.96. The number of benzene rings is 2. The summed E-state index contributed by atoms with van der Waals surface area (Å²) in [5, 5.41) is 3.91. The third-order valence-corrected chi connectivity index (χ3v) is 3.97. The second kappa shape index (κ2) is 8.82. The monoisotopic (exact) mass is 323 g/mol. The fraction of sp³-hybridized carbons (Fsp3) is 0.158. The predicted molar refractivity (Wildman–Crippen MR) is 93.4 cm³/mol. The van der Waals surface area contributed by atoms with Crippen LogP contribution in [0.3, 0.4) is 0 Å². The van der Waals surface area contributed by atoms with Gasteiger partial charge in [0.1, 0.15) is 0 Å². The second-order valence-electron chi connectivity index (χ2n) is 4.76. The highest BCUT2D eigenvalue weighted by Gasteiger charge is 2.06. The van der Waals surface area contributed by atoms with Crippen LogP contribution in [-0.2, 0) is 9.63 Å². The summed E-state index contributed by atoms with van der Waals surface area (Å²) >= 11 is 1.69. The first-order valence-corrected chi connectivity index (χ1v) is 8.02. The van der Waals surface area contributed by atoms with Crippen LogP contribution in [0, 0.1) is 12.3 Å². The van der Waals surface area contributed by atoms with E-state index in [0.717, 1.165) is 10.5 Å². The fourth-order valence-corrected chi connectivity index (χ4v) is 2.73. The summed E-state index contributed by atoms with van der Waals surface area (Å²) < 4.78 is 0. The van der Waals surface area contributed by atoms with E-state index in [1.165, 1.54) is 11.8 Å². The summed E-state index contributed by atoms with van der Waals surface area (Å²) in [6.45, 7) is 1.32. The van der Waals surface area contributed by atoms with Crippen LogP contribution in [-0.4, -0.2) is 11.7 Å². The Labute approximate surface area is 140 Å². The van der Waals surface area contributed by atoms with Gasteiger partial charge in [-0.3, -0.25) is 0 Å². The molecular weight excluding hydrogens is 306 g/mol. The Morgan fingerprint density at radius 2 is 1.78 bits per heavy atom. The van der Waals surface area contributed by atoms with Crippen LogP contribution in [0.1, 0.15) is 25.3 Å². The molecule has 0 aliphatic rings. The van der Waals surface area contributed by atoms with Crippen molar-refractivity contribution in [2.24, 2.45) is 5.16 Å². The molecule has 0 amide bonds. The zero-order valence-corrected chi connectivity index (χ0v) is 13.7. The fourth-order valence-electron chi connectivity index (χ4n) is 1.89. The van der Waals surface area contributed by atoms with Crippen molar-refractivity contribution in [3.63, 3.8) is 0 Å². The molecule has 0 N–H and O–H groups in total. The average Bonchev–Trinajstić information content (AvgIpc) is 2.57. The normalized spacial score (nSPS) is 10.9. The molecule has 0 spiro atoms. The Morgan fingerprint density at radius 1 is 1.13 bits per heavy atom. The molecule has 0 aliphatic carbocycles. The molecule has 0 aliphatic heterocycles. The molecule has 2 aromatic carbocycles. The van der Waals surface area contributed by atoms with E-state index >= 15 is 0 Å². The second-order valence-corrected chi connectivity index (χ2v) is 5.91. The van der Waals surface area contributed by atoms with Crippen LogP contribution in [0.25, 0.3) is 0 Å². The van der Waals surface area contributed by atoms with Gasteiger partial charge in [-0.2, -0.15) is 0 Å². The number of hydrogen-bond acceptors (Lipinski definition) is 4. The molecule has 0 bridgehead atoms. The molecule has 0 saturated heterocycles. The first kappa shape index (κ1) is 16.9. The number of hydrogen-bond donors (Lipinski definition) is 0. The lowest BCUT2D eigenvalue weighted by molar-refractivity contribution is -0.140. The first-order valence-electron chi connectivity index (χ1n) is 7.20. The quantitative estimate of drug-likeness (QED) is 0.339. The average molecular weight is 323 g/mol. The standard InChI is InChI=1S/C19H17NO2S/c1-3-4-10-19(20-22-15(2)21)16-11-13-18(14-12-16)23-17-8-6-5-7-9-17/h1,5-9,11-14H,4,10H2,2H3/b20-19+. The number of terminal acetylenes is 1. The van der Waals surface area contributed by atoms with Gasteiger partial charge < -0.3 is 4.84 Å². The number of carbonyl (C=O) groups is 1. The molecule has 0 heterocycles. The SMILES string of the molecule is C#CCC/C(=N\OC(C)=O)c1ccc(Sc2ccccc2)cc1. The third kappa shape index (κ3) is 5.65. The van der Waals surface area contributed by atoms with Gasteiger partial charge in [-0.05, 0) is 29.8 Å². The van der Waals surface area contributed by atoms with Gasteiger partial charge in [-0.1, -0.05) is 47.2 Å². The minimum atomic E-state index is -0.445. The van der Waals surface area contributed by atoms with Crippen molar-refractivity contribution in [2.75, 3.05) is 0 Å². The predicted octanol–water partition coefficient (Wildman–Crippen LogP) is 4.52. The maximum atomic E-state index is 10.9. The Balaban J connectivity index is 2.13. The maximum absolute atomic E-state index is 10.9. The van der Waals surface area contributed by atoms with Gasteiger partial charge >= 0.3 is 5.97 Å². The van der Waals surface area contributed by atoms with Gasteiger partial charge in [0, 0.05) is 29.6 Å². The topological polar surface area (TPSA) is 38.7 Å². The van der Waals surface area contributed by atoms with E-state index in [-0.39, 0.29) is 0 Å². The van der Waals surface area contributed by atoms with Crippen molar-refractivity contribution in [1.82, 2.24) is 0 Å². The lowest BCUT2D eigenvalue weighted by atomic mass is 10.1. The summed E-state index contributed by atoms with van der Waals surface area (Å²) in [4.78, 5) is 18.0. The minimum absolute atomic E-state index is 0.445.